The summed E-state index contributed by atoms with van der Waals surface area (Å²) in [6.45, 7) is 0.680. The zero-order chi connectivity index (χ0) is 19.6. The van der Waals surface area contributed by atoms with Gasteiger partial charge in [0.1, 0.15) is 5.82 Å². The smallest absolute Gasteiger partial charge is 0.307 e. The Hall–Kier alpha value is -1.96. The Balaban J connectivity index is 1.84. The highest BCUT2D eigenvalue weighted by molar-refractivity contribution is 7.89. The number of nitrogens with zero attached hydrogens (tertiary/aromatic N) is 1. The van der Waals surface area contributed by atoms with Gasteiger partial charge < -0.3 is 5.11 Å². The quantitative estimate of drug-likeness (QED) is 0.814. The molecule has 144 valence electrons. The van der Waals surface area contributed by atoms with Crippen LogP contribution in [0.15, 0.2) is 47.4 Å². The summed E-state index contributed by atoms with van der Waals surface area (Å²) in [5.41, 5.74) is 1.38. The molecule has 0 spiro atoms. The topological polar surface area (TPSA) is 74.7 Å². The van der Waals surface area contributed by atoms with Crippen LogP contribution in [0.5, 0.6) is 0 Å². The molecule has 1 saturated heterocycles. The van der Waals surface area contributed by atoms with E-state index in [9.17, 15) is 17.6 Å². The molecule has 0 aliphatic carbocycles. The minimum Gasteiger partial charge on any atom is -0.481 e. The van der Waals surface area contributed by atoms with E-state index in [-0.39, 0.29) is 23.8 Å². The van der Waals surface area contributed by atoms with Gasteiger partial charge in [-0.2, -0.15) is 4.31 Å². The van der Waals surface area contributed by atoms with Crippen molar-refractivity contribution in [1.82, 2.24) is 4.31 Å². The van der Waals surface area contributed by atoms with Gasteiger partial charge in [-0.1, -0.05) is 23.7 Å². The van der Waals surface area contributed by atoms with E-state index < -0.39 is 21.8 Å². The van der Waals surface area contributed by atoms with E-state index in [2.05, 4.69) is 0 Å². The maximum Gasteiger partial charge on any atom is 0.307 e. The summed E-state index contributed by atoms with van der Waals surface area (Å²) in [5.74, 6) is -1.52. The molecule has 1 aliphatic rings. The van der Waals surface area contributed by atoms with E-state index in [1.165, 1.54) is 16.4 Å². The third kappa shape index (κ3) is 4.48. The third-order valence-electron chi connectivity index (χ3n) is 4.72. The Kier molecular flexibility index (Phi) is 5.83. The van der Waals surface area contributed by atoms with E-state index in [4.69, 9.17) is 16.7 Å². The van der Waals surface area contributed by atoms with Crippen LogP contribution in [-0.2, 0) is 21.2 Å². The molecule has 1 atom stereocenters. The number of rotatable bonds is 5. The van der Waals surface area contributed by atoms with Crippen LogP contribution in [-0.4, -0.2) is 36.9 Å². The summed E-state index contributed by atoms with van der Waals surface area (Å²) >= 11 is 6.07. The lowest BCUT2D eigenvalue weighted by Gasteiger charge is -2.32. The lowest BCUT2D eigenvalue weighted by Crippen LogP contribution is -2.39. The largest absolute Gasteiger partial charge is 0.481 e. The van der Waals surface area contributed by atoms with Crippen LogP contribution in [0.4, 0.5) is 4.39 Å². The number of carboxylic acid groups (broad SMARTS) is 1. The van der Waals surface area contributed by atoms with Gasteiger partial charge in [-0.3, -0.25) is 4.79 Å². The van der Waals surface area contributed by atoms with Gasteiger partial charge in [0, 0.05) is 18.1 Å². The molecule has 3 rings (SSSR count). The lowest BCUT2D eigenvalue weighted by atomic mass is 9.90. The Morgan fingerprint density at radius 3 is 2.59 bits per heavy atom. The highest BCUT2D eigenvalue weighted by atomic mass is 35.5. The second-order valence-corrected chi connectivity index (χ2v) is 8.92. The van der Waals surface area contributed by atoms with Crippen molar-refractivity contribution in [1.29, 1.82) is 0 Å². The predicted octanol–water partition coefficient (Wildman–Crippen LogP) is 3.67. The molecule has 1 heterocycles. The zero-order valence-electron chi connectivity index (χ0n) is 14.4. The second-order valence-electron chi connectivity index (χ2n) is 6.58. The number of aliphatic carboxylic acids is 1. The molecule has 2 aromatic rings. The highest BCUT2D eigenvalue weighted by Crippen LogP contribution is 2.32. The minimum absolute atomic E-state index is 0.0567. The van der Waals surface area contributed by atoms with E-state index in [1.807, 2.05) is 6.07 Å². The number of hydrogen-bond acceptors (Lipinski definition) is 3. The van der Waals surface area contributed by atoms with Crippen LogP contribution in [0.25, 0.3) is 0 Å². The summed E-state index contributed by atoms with van der Waals surface area (Å²) < 4.78 is 40.2. The van der Waals surface area contributed by atoms with Gasteiger partial charge in [0.05, 0.1) is 11.3 Å². The van der Waals surface area contributed by atoms with Crippen molar-refractivity contribution >= 4 is 27.6 Å². The number of benzene rings is 2. The van der Waals surface area contributed by atoms with Gasteiger partial charge in [-0.25, -0.2) is 12.8 Å². The average molecular weight is 412 g/mol. The highest BCUT2D eigenvalue weighted by Gasteiger charge is 2.31. The molecule has 0 saturated carbocycles. The summed E-state index contributed by atoms with van der Waals surface area (Å²) in [4.78, 5) is 11.1. The van der Waals surface area contributed by atoms with E-state index >= 15 is 0 Å². The molecule has 0 aromatic heterocycles. The molecule has 0 radical (unpaired) electrons. The van der Waals surface area contributed by atoms with E-state index in [1.54, 1.807) is 12.1 Å². The first kappa shape index (κ1) is 19.8. The first-order valence-electron chi connectivity index (χ1n) is 8.53. The van der Waals surface area contributed by atoms with E-state index in [0.29, 0.717) is 23.6 Å². The first-order chi connectivity index (χ1) is 12.8. The van der Waals surface area contributed by atoms with Gasteiger partial charge >= 0.3 is 5.97 Å². The van der Waals surface area contributed by atoms with Gasteiger partial charge in [0.15, 0.2) is 0 Å². The number of piperidine rings is 1. The summed E-state index contributed by atoms with van der Waals surface area (Å²) in [6.07, 6.45) is 1.29. The molecule has 5 nitrogen and oxygen atoms in total. The standard InChI is InChI=1S/C19H19ClFNO4S/c20-18-8-3-13(10-15(18)11-19(23)24)14-2-1-9-22(12-14)27(25,26)17-6-4-16(21)5-7-17/h3-8,10,14H,1-2,9,11-12H2,(H,23,24). The van der Waals surface area contributed by atoms with E-state index in [0.717, 1.165) is 24.1 Å². The molecule has 1 fully saturated rings. The molecule has 8 heteroatoms. The van der Waals surface area contributed by atoms with Gasteiger partial charge in [-0.15, -0.1) is 0 Å². The Morgan fingerprint density at radius 2 is 1.93 bits per heavy atom. The van der Waals surface area contributed by atoms with Gasteiger partial charge in [0.25, 0.3) is 0 Å². The minimum atomic E-state index is -3.71. The monoisotopic (exact) mass is 411 g/mol. The maximum atomic E-state index is 13.1. The van der Waals surface area contributed by atoms with Crippen LogP contribution >= 0.6 is 11.6 Å². The van der Waals surface area contributed by atoms with Crippen molar-refractivity contribution in [3.63, 3.8) is 0 Å². The van der Waals surface area contributed by atoms with Crippen molar-refractivity contribution in [3.05, 3.63) is 64.4 Å². The summed E-state index contributed by atoms with van der Waals surface area (Å²) in [7, 11) is -3.71. The fourth-order valence-corrected chi connectivity index (χ4v) is 5.04. The second kappa shape index (κ2) is 7.96. The van der Waals surface area contributed by atoms with Crippen molar-refractivity contribution in [3.8, 4) is 0 Å². The molecule has 1 aliphatic heterocycles. The van der Waals surface area contributed by atoms with Gasteiger partial charge in [0.2, 0.25) is 10.0 Å². The molecular formula is C19H19ClFNO4S. The summed E-state index contributed by atoms with van der Waals surface area (Å²) in [6, 6.07) is 10.0. The number of sulfonamides is 1. The molecule has 1 N–H and O–H groups in total. The predicted molar refractivity (Wildman–Crippen MR) is 99.9 cm³/mol. The zero-order valence-corrected chi connectivity index (χ0v) is 16.0. The van der Waals surface area contributed by atoms with Crippen LogP contribution in [0.3, 0.4) is 0 Å². The SMILES string of the molecule is O=C(O)Cc1cc(C2CCCN(S(=O)(=O)c3ccc(F)cc3)C2)ccc1Cl. The third-order valence-corrected chi connectivity index (χ3v) is 6.97. The first-order valence-corrected chi connectivity index (χ1v) is 10.3. The van der Waals surface area contributed by atoms with Gasteiger partial charge in [-0.05, 0) is 60.2 Å². The van der Waals surface area contributed by atoms with Crippen LogP contribution < -0.4 is 0 Å². The lowest BCUT2D eigenvalue weighted by molar-refractivity contribution is -0.136. The number of carboxylic acids is 1. The fourth-order valence-electron chi connectivity index (χ4n) is 3.34. The average Bonchev–Trinajstić information content (AvgIpc) is 2.63. The number of halogens is 2. The Bertz CT molecular complexity index is 947. The number of carbonyl (C=O) groups is 1. The van der Waals surface area contributed by atoms with Crippen molar-refractivity contribution in [2.24, 2.45) is 0 Å². The van der Waals surface area contributed by atoms with Crippen molar-refractivity contribution in [2.45, 2.75) is 30.1 Å². The van der Waals surface area contributed by atoms with Crippen LogP contribution in [0, 0.1) is 5.82 Å². The molecule has 2 aromatic carbocycles. The summed E-state index contributed by atoms with van der Waals surface area (Å²) in [5, 5.41) is 9.40. The normalized spacial score (nSPS) is 18.4. The molecule has 0 bridgehead atoms. The maximum absolute atomic E-state index is 13.1. The molecule has 27 heavy (non-hydrogen) atoms. The number of hydrogen-bond donors (Lipinski definition) is 1. The Labute approximate surface area is 162 Å². The van der Waals surface area contributed by atoms with Crippen LogP contribution in [0.2, 0.25) is 5.02 Å². The van der Waals surface area contributed by atoms with Crippen LogP contribution in [0.1, 0.15) is 29.9 Å². The fraction of sp³-hybridized carbons (Fsp3) is 0.316. The molecule has 0 amide bonds. The molecular weight excluding hydrogens is 393 g/mol. The Morgan fingerprint density at radius 1 is 1.22 bits per heavy atom. The van der Waals surface area contributed by atoms with Crippen molar-refractivity contribution in [2.75, 3.05) is 13.1 Å². The molecule has 1 unspecified atom stereocenters. The van der Waals surface area contributed by atoms with Crippen molar-refractivity contribution < 1.29 is 22.7 Å².